The van der Waals surface area contributed by atoms with Crippen molar-refractivity contribution in [3.05, 3.63) is 167 Å². The highest BCUT2D eigenvalue weighted by Gasteiger charge is 2.71. The molecule has 3 heterocycles. The molecule has 2 aromatic heterocycles. The Morgan fingerprint density at radius 1 is 0.608 bits per heavy atom. The second-order valence-electron chi connectivity index (χ2n) is 12.7. The largest absolute Gasteiger partial charge is 0.416 e. The molecule has 0 amide bonds. The fraction of sp³-hybridized carbons (Fsp3) is 0.189. The Bertz CT molecular complexity index is 2060. The van der Waals surface area contributed by atoms with Gasteiger partial charge in [-0.25, -0.2) is 18.7 Å². The number of nitrogens with zero attached hydrogens (tertiary/aromatic N) is 4. The van der Waals surface area contributed by atoms with Crippen molar-refractivity contribution in [1.29, 1.82) is 0 Å². The third kappa shape index (κ3) is 5.49. The van der Waals surface area contributed by atoms with Crippen LogP contribution in [0.1, 0.15) is 47.5 Å². The molecule has 0 unspecified atom stereocenters. The molecule has 1 saturated heterocycles. The highest BCUT2D eigenvalue weighted by molar-refractivity contribution is 5.56. The average molecular weight is 710 g/mol. The lowest BCUT2D eigenvalue weighted by Crippen LogP contribution is -2.59. The predicted molar refractivity (Wildman–Crippen MR) is 170 cm³/mol. The van der Waals surface area contributed by atoms with Crippen LogP contribution in [0, 0.1) is 11.6 Å². The summed E-state index contributed by atoms with van der Waals surface area (Å²) in [5.74, 6) is -1.11. The lowest BCUT2D eigenvalue weighted by Gasteiger charge is -2.47. The molecular weight excluding hydrogens is 682 g/mol. The number of alkyl halides is 6. The summed E-state index contributed by atoms with van der Waals surface area (Å²) in [6.07, 6.45) is -3.57. The van der Waals surface area contributed by atoms with E-state index < -0.39 is 51.7 Å². The smallest absolute Gasteiger partial charge is 0.306 e. The van der Waals surface area contributed by atoms with Gasteiger partial charge in [-0.1, -0.05) is 36.4 Å². The molecular formula is C37H27F8N5O. The second-order valence-corrected chi connectivity index (χ2v) is 12.7. The molecule has 1 aliphatic rings. The van der Waals surface area contributed by atoms with E-state index in [1.54, 1.807) is 13.8 Å². The molecule has 14 heteroatoms. The topological polar surface area (TPSA) is 56.9 Å². The Labute approximate surface area is 285 Å². The fourth-order valence-electron chi connectivity index (χ4n) is 7.06. The molecule has 4 aromatic carbocycles. The molecule has 6 aromatic rings. The molecule has 51 heavy (non-hydrogen) atoms. The molecule has 6 nitrogen and oxygen atoms in total. The number of aromatic nitrogens is 4. The van der Waals surface area contributed by atoms with Gasteiger partial charge in [-0.05, 0) is 85.6 Å². The Hall–Kier alpha value is -5.34. The summed E-state index contributed by atoms with van der Waals surface area (Å²) in [7, 11) is 0. The average Bonchev–Trinajstić information content (AvgIpc) is 3.83. The van der Waals surface area contributed by atoms with Crippen molar-refractivity contribution in [1.82, 2.24) is 24.6 Å². The van der Waals surface area contributed by atoms with Gasteiger partial charge in [0, 0.05) is 23.8 Å². The van der Waals surface area contributed by atoms with Gasteiger partial charge in [0.1, 0.15) is 28.2 Å². The molecule has 1 fully saturated rings. The summed E-state index contributed by atoms with van der Waals surface area (Å²) in [6, 6.07) is 20.1. The Morgan fingerprint density at radius 3 is 1.41 bits per heavy atom. The highest BCUT2D eigenvalue weighted by atomic mass is 19.4. The van der Waals surface area contributed by atoms with Crippen LogP contribution in [0.2, 0.25) is 0 Å². The van der Waals surface area contributed by atoms with E-state index in [0.29, 0.717) is 11.1 Å². The summed E-state index contributed by atoms with van der Waals surface area (Å²) < 4.78 is 114. The van der Waals surface area contributed by atoms with E-state index in [9.17, 15) is 35.1 Å². The van der Waals surface area contributed by atoms with Crippen LogP contribution in [0.4, 0.5) is 35.1 Å². The lowest BCUT2D eigenvalue weighted by molar-refractivity contribution is -0.138. The standard InChI is InChI=1S/C37H27F8N5O/c1-33(2)34(31-19-49(21-46-31)29-7-3-5-25(17-29)36(40,41)42,32-20-50(22-47-32)30-8-4-6-26(18-30)37(43,44)45)35(48-51-33,23-9-13-27(38)14-10-23)24-11-15-28(39)16-12-24/h3-22,48H,1-2H3. The van der Waals surface area contributed by atoms with Crippen molar-refractivity contribution in [2.75, 3.05) is 0 Å². The van der Waals surface area contributed by atoms with Crippen LogP contribution in [0.5, 0.6) is 0 Å². The van der Waals surface area contributed by atoms with Crippen LogP contribution >= 0.6 is 0 Å². The van der Waals surface area contributed by atoms with Crippen molar-refractivity contribution < 1.29 is 40.0 Å². The first-order valence-electron chi connectivity index (χ1n) is 15.5. The van der Waals surface area contributed by atoms with E-state index in [1.165, 1.54) is 107 Å². The SMILES string of the molecule is CC1(C)ONC(c2ccc(F)cc2)(c2ccc(F)cc2)C1(c1cn(-c2cccc(C(F)(F)F)c2)cn1)c1cn(-c2cccc(C(F)(F)F)c2)cn1. The first-order valence-corrected chi connectivity index (χ1v) is 15.5. The van der Waals surface area contributed by atoms with Crippen molar-refractivity contribution in [3.63, 3.8) is 0 Å². The van der Waals surface area contributed by atoms with E-state index in [0.717, 1.165) is 24.3 Å². The zero-order valence-electron chi connectivity index (χ0n) is 26.8. The minimum atomic E-state index is -4.62. The van der Waals surface area contributed by atoms with Crippen LogP contribution in [-0.4, -0.2) is 24.7 Å². The summed E-state index contributed by atoms with van der Waals surface area (Å²) >= 11 is 0. The van der Waals surface area contributed by atoms with Gasteiger partial charge in [0.2, 0.25) is 0 Å². The van der Waals surface area contributed by atoms with Crippen molar-refractivity contribution >= 4 is 0 Å². The molecule has 0 atom stereocenters. The summed E-state index contributed by atoms with van der Waals surface area (Å²) in [5.41, 5.74) is -1.79. The summed E-state index contributed by atoms with van der Waals surface area (Å²) in [4.78, 5) is 15.8. The van der Waals surface area contributed by atoms with E-state index in [4.69, 9.17) is 14.8 Å². The number of benzene rings is 4. The van der Waals surface area contributed by atoms with Gasteiger partial charge in [0.05, 0.1) is 35.2 Å². The number of hydrogen-bond donors (Lipinski definition) is 1. The van der Waals surface area contributed by atoms with Crippen molar-refractivity contribution in [2.24, 2.45) is 0 Å². The van der Waals surface area contributed by atoms with Gasteiger partial charge in [-0.3, -0.25) is 4.84 Å². The Balaban J connectivity index is 1.54. The van der Waals surface area contributed by atoms with Crippen LogP contribution in [0.3, 0.4) is 0 Å². The monoisotopic (exact) mass is 709 g/mol. The quantitative estimate of drug-likeness (QED) is 0.176. The number of halogens is 8. The van der Waals surface area contributed by atoms with Crippen molar-refractivity contribution in [2.45, 2.75) is 42.8 Å². The second kappa shape index (κ2) is 11.9. The Kier molecular flexibility index (Phi) is 7.95. The number of hydroxylamine groups is 1. The molecule has 0 spiro atoms. The maximum atomic E-state index is 14.5. The molecule has 0 bridgehead atoms. The number of hydrogen-bond acceptors (Lipinski definition) is 4. The first-order chi connectivity index (χ1) is 24.1. The third-order valence-corrected chi connectivity index (χ3v) is 9.36. The number of rotatable bonds is 6. The highest BCUT2D eigenvalue weighted by Crippen LogP contribution is 2.60. The zero-order valence-corrected chi connectivity index (χ0v) is 26.8. The number of imidazole rings is 2. The van der Waals surface area contributed by atoms with Crippen LogP contribution < -0.4 is 5.48 Å². The molecule has 0 radical (unpaired) electrons. The maximum absolute atomic E-state index is 14.5. The van der Waals surface area contributed by atoms with Crippen LogP contribution in [-0.2, 0) is 28.1 Å². The van der Waals surface area contributed by atoms with Gasteiger partial charge >= 0.3 is 12.4 Å². The van der Waals surface area contributed by atoms with Gasteiger partial charge in [0.15, 0.2) is 0 Å². The van der Waals surface area contributed by atoms with Gasteiger partial charge in [-0.2, -0.15) is 31.8 Å². The van der Waals surface area contributed by atoms with E-state index >= 15 is 0 Å². The number of nitrogens with one attached hydrogen (secondary N) is 1. The Morgan fingerprint density at radius 2 is 1.02 bits per heavy atom. The van der Waals surface area contributed by atoms with Crippen LogP contribution in [0.25, 0.3) is 11.4 Å². The molecule has 0 aliphatic carbocycles. The van der Waals surface area contributed by atoms with E-state index in [2.05, 4.69) is 5.48 Å². The van der Waals surface area contributed by atoms with Gasteiger partial charge in [0.25, 0.3) is 0 Å². The fourth-order valence-corrected chi connectivity index (χ4v) is 7.06. The first kappa shape index (κ1) is 34.1. The van der Waals surface area contributed by atoms with E-state index in [1.807, 2.05) is 0 Å². The third-order valence-electron chi connectivity index (χ3n) is 9.36. The van der Waals surface area contributed by atoms with Crippen molar-refractivity contribution in [3.8, 4) is 11.4 Å². The summed E-state index contributed by atoms with van der Waals surface area (Å²) in [5, 5.41) is 0. The molecule has 0 saturated carbocycles. The molecule has 1 aliphatic heterocycles. The zero-order chi connectivity index (χ0) is 36.4. The van der Waals surface area contributed by atoms with Gasteiger partial charge in [-0.15, -0.1) is 0 Å². The lowest BCUT2D eigenvalue weighted by atomic mass is 9.54. The maximum Gasteiger partial charge on any atom is 0.416 e. The van der Waals surface area contributed by atoms with E-state index in [-0.39, 0.29) is 22.8 Å². The molecule has 1 N–H and O–H groups in total. The summed E-state index contributed by atoms with van der Waals surface area (Å²) in [6.45, 7) is 3.42. The predicted octanol–water partition coefficient (Wildman–Crippen LogP) is 8.92. The molecule has 7 rings (SSSR count). The minimum absolute atomic E-state index is 0.132. The molecule has 262 valence electrons. The van der Waals surface area contributed by atoms with Crippen LogP contribution in [0.15, 0.2) is 122 Å². The van der Waals surface area contributed by atoms with Gasteiger partial charge < -0.3 is 9.13 Å². The minimum Gasteiger partial charge on any atom is -0.306 e. The normalized spacial score (nSPS) is 16.7.